The molecule has 0 saturated carbocycles. The number of carbonyl (C=O) groups is 1. The van der Waals surface area contributed by atoms with Gasteiger partial charge in [-0.1, -0.05) is 6.07 Å². The Bertz CT molecular complexity index is 755. The molecule has 130 valence electrons. The average molecular weight is 341 g/mol. The van der Waals surface area contributed by atoms with Gasteiger partial charge in [-0.15, -0.1) is 0 Å². The summed E-state index contributed by atoms with van der Waals surface area (Å²) in [4.78, 5) is 11.8. The predicted molar refractivity (Wildman–Crippen MR) is 93.1 cm³/mol. The number of fused-ring (bicyclic) bond motifs is 1. The third-order valence-electron chi connectivity index (χ3n) is 3.55. The van der Waals surface area contributed by atoms with E-state index in [0.717, 1.165) is 22.8 Å². The van der Waals surface area contributed by atoms with Crippen molar-refractivity contribution in [1.29, 1.82) is 0 Å². The maximum absolute atomic E-state index is 11.8. The summed E-state index contributed by atoms with van der Waals surface area (Å²) in [7, 11) is 1.61. The first kappa shape index (κ1) is 16.7. The molecular weight excluding hydrogens is 322 g/mol. The molecule has 2 aromatic carbocycles. The minimum Gasteiger partial charge on any atom is -0.497 e. The minimum atomic E-state index is -0.184. The maximum atomic E-state index is 11.8. The van der Waals surface area contributed by atoms with E-state index in [1.54, 1.807) is 13.2 Å². The van der Waals surface area contributed by atoms with Gasteiger partial charge in [0.15, 0.2) is 11.5 Å². The molecule has 1 heterocycles. The number of hydrogen-bond acceptors (Lipinski definition) is 5. The summed E-state index contributed by atoms with van der Waals surface area (Å²) >= 11 is 0. The van der Waals surface area contributed by atoms with E-state index in [1.807, 2.05) is 42.5 Å². The Hall–Kier alpha value is -3.15. The lowest BCUT2D eigenvalue weighted by atomic mass is 10.2. The fraction of sp³-hybridized carbons (Fsp3) is 0.211. The van der Waals surface area contributed by atoms with Gasteiger partial charge < -0.3 is 24.3 Å². The van der Waals surface area contributed by atoms with E-state index in [-0.39, 0.29) is 12.7 Å². The number of benzene rings is 2. The van der Waals surface area contributed by atoms with Gasteiger partial charge in [-0.25, -0.2) is 0 Å². The minimum absolute atomic E-state index is 0.184. The first-order valence-corrected chi connectivity index (χ1v) is 7.87. The maximum Gasteiger partial charge on any atom is 0.244 e. The lowest BCUT2D eigenvalue weighted by Crippen LogP contribution is -2.26. The molecule has 1 amide bonds. The fourth-order valence-corrected chi connectivity index (χ4v) is 2.26. The Morgan fingerprint density at radius 3 is 2.68 bits per heavy atom. The van der Waals surface area contributed by atoms with Gasteiger partial charge >= 0.3 is 0 Å². The quantitative estimate of drug-likeness (QED) is 0.619. The lowest BCUT2D eigenvalue weighted by Gasteiger charge is -2.07. The molecule has 0 atom stereocenters. The van der Waals surface area contributed by atoms with E-state index in [9.17, 15) is 4.79 Å². The fourth-order valence-electron chi connectivity index (χ4n) is 2.26. The van der Waals surface area contributed by atoms with E-state index < -0.39 is 0 Å². The van der Waals surface area contributed by atoms with Crippen molar-refractivity contribution >= 4 is 12.0 Å². The highest BCUT2D eigenvalue weighted by molar-refractivity contribution is 5.91. The zero-order chi connectivity index (χ0) is 17.5. The smallest absolute Gasteiger partial charge is 0.244 e. The number of amides is 1. The SMILES string of the molecule is COc1ccc(OCCNC(=O)/C=C/c2ccc3c(c2)OCO3)cc1. The Morgan fingerprint density at radius 2 is 1.88 bits per heavy atom. The van der Waals surface area contributed by atoms with Crippen LogP contribution in [0.2, 0.25) is 0 Å². The molecule has 2 aromatic rings. The van der Waals surface area contributed by atoms with Gasteiger partial charge in [0.25, 0.3) is 0 Å². The van der Waals surface area contributed by atoms with E-state index in [2.05, 4.69) is 5.32 Å². The van der Waals surface area contributed by atoms with Crippen LogP contribution in [0.3, 0.4) is 0 Å². The Kier molecular flexibility index (Phi) is 5.41. The number of ether oxygens (including phenoxy) is 4. The highest BCUT2D eigenvalue weighted by atomic mass is 16.7. The first-order valence-electron chi connectivity index (χ1n) is 7.87. The van der Waals surface area contributed by atoms with Crippen molar-refractivity contribution in [3.8, 4) is 23.0 Å². The summed E-state index contributed by atoms with van der Waals surface area (Å²) in [5.74, 6) is 2.73. The van der Waals surface area contributed by atoms with Crippen molar-refractivity contribution in [2.24, 2.45) is 0 Å². The van der Waals surface area contributed by atoms with Crippen LogP contribution in [-0.2, 0) is 4.79 Å². The van der Waals surface area contributed by atoms with Crippen molar-refractivity contribution in [1.82, 2.24) is 5.32 Å². The standard InChI is InChI=1S/C19H19NO5/c1-22-15-4-6-16(7-5-15)23-11-10-20-19(21)9-3-14-2-8-17-18(12-14)25-13-24-17/h2-9,12H,10-11,13H2,1H3,(H,20,21)/b9-3+. The molecule has 0 unspecified atom stereocenters. The monoisotopic (exact) mass is 341 g/mol. The Labute approximate surface area is 146 Å². The number of nitrogens with one attached hydrogen (secondary N) is 1. The largest absolute Gasteiger partial charge is 0.497 e. The third kappa shape index (κ3) is 4.67. The molecule has 0 aliphatic carbocycles. The van der Waals surface area contributed by atoms with E-state index in [4.69, 9.17) is 18.9 Å². The normalized spacial score (nSPS) is 12.2. The van der Waals surface area contributed by atoms with Crippen LogP contribution >= 0.6 is 0 Å². The number of carbonyl (C=O) groups excluding carboxylic acids is 1. The van der Waals surface area contributed by atoms with Gasteiger partial charge in [-0.3, -0.25) is 4.79 Å². The number of hydrogen-bond donors (Lipinski definition) is 1. The van der Waals surface area contributed by atoms with Crippen LogP contribution in [0, 0.1) is 0 Å². The highest BCUT2D eigenvalue weighted by Gasteiger charge is 2.12. The topological polar surface area (TPSA) is 66.0 Å². The summed E-state index contributed by atoms with van der Waals surface area (Å²) in [6.07, 6.45) is 3.20. The van der Waals surface area contributed by atoms with Gasteiger partial charge in [0.2, 0.25) is 12.7 Å². The van der Waals surface area contributed by atoms with Crippen molar-refractivity contribution in [2.45, 2.75) is 0 Å². The number of methoxy groups -OCH3 is 1. The van der Waals surface area contributed by atoms with Gasteiger partial charge in [0.1, 0.15) is 18.1 Å². The van der Waals surface area contributed by atoms with Crippen LogP contribution < -0.4 is 24.3 Å². The summed E-state index contributed by atoms with van der Waals surface area (Å²) in [6, 6.07) is 12.8. The van der Waals surface area contributed by atoms with Crippen LogP contribution in [0.25, 0.3) is 6.08 Å². The van der Waals surface area contributed by atoms with Crippen LogP contribution in [0.4, 0.5) is 0 Å². The lowest BCUT2D eigenvalue weighted by molar-refractivity contribution is -0.116. The Morgan fingerprint density at radius 1 is 1.12 bits per heavy atom. The summed E-state index contributed by atoms with van der Waals surface area (Å²) in [6.45, 7) is 1.03. The molecule has 0 fully saturated rings. The summed E-state index contributed by atoms with van der Waals surface area (Å²) < 4.78 is 21.2. The van der Waals surface area contributed by atoms with Crippen molar-refractivity contribution < 1.29 is 23.7 Å². The molecule has 6 nitrogen and oxygen atoms in total. The molecule has 0 aromatic heterocycles. The Balaban J connectivity index is 1.40. The molecule has 0 radical (unpaired) electrons. The number of rotatable bonds is 7. The van der Waals surface area contributed by atoms with E-state index in [1.165, 1.54) is 6.08 Å². The van der Waals surface area contributed by atoms with Gasteiger partial charge in [0, 0.05) is 6.08 Å². The van der Waals surface area contributed by atoms with Crippen molar-refractivity contribution in [3.63, 3.8) is 0 Å². The molecule has 1 N–H and O–H groups in total. The zero-order valence-corrected chi connectivity index (χ0v) is 13.9. The van der Waals surface area contributed by atoms with Crippen molar-refractivity contribution in [2.75, 3.05) is 27.1 Å². The molecule has 1 aliphatic heterocycles. The van der Waals surface area contributed by atoms with Crippen LogP contribution in [0.1, 0.15) is 5.56 Å². The summed E-state index contributed by atoms with van der Waals surface area (Å²) in [5.41, 5.74) is 0.869. The van der Waals surface area contributed by atoms with E-state index in [0.29, 0.717) is 18.9 Å². The highest BCUT2D eigenvalue weighted by Crippen LogP contribution is 2.32. The van der Waals surface area contributed by atoms with E-state index >= 15 is 0 Å². The molecule has 6 heteroatoms. The molecular formula is C19H19NO5. The average Bonchev–Trinajstić information content (AvgIpc) is 3.12. The van der Waals surface area contributed by atoms with Crippen LogP contribution in [-0.4, -0.2) is 33.0 Å². The summed E-state index contributed by atoms with van der Waals surface area (Å²) in [5, 5.41) is 2.77. The van der Waals surface area contributed by atoms with Gasteiger partial charge in [-0.05, 0) is 48.0 Å². The van der Waals surface area contributed by atoms with Gasteiger partial charge in [-0.2, -0.15) is 0 Å². The third-order valence-corrected chi connectivity index (χ3v) is 3.55. The molecule has 0 spiro atoms. The molecule has 1 aliphatic rings. The second kappa shape index (κ2) is 8.10. The van der Waals surface area contributed by atoms with Crippen molar-refractivity contribution in [3.05, 3.63) is 54.1 Å². The predicted octanol–water partition coefficient (Wildman–Crippen LogP) is 2.63. The molecule has 0 saturated heterocycles. The second-order valence-corrected chi connectivity index (χ2v) is 5.26. The second-order valence-electron chi connectivity index (χ2n) is 5.26. The first-order chi connectivity index (χ1) is 12.2. The van der Waals surface area contributed by atoms with Crippen LogP contribution in [0.15, 0.2) is 48.5 Å². The molecule has 25 heavy (non-hydrogen) atoms. The van der Waals surface area contributed by atoms with Gasteiger partial charge in [0.05, 0.1) is 13.7 Å². The van der Waals surface area contributed by atoms with Crippen LogP contribution in [0.5, 0.6) is 23.0 Å². The molecule has 3 rings (SSSR count). The zero-order valence-electron chi connectivity index (χ0n) is 13.9. The molecule has 0 bridgehead atoms.